The van der Waals surface area contributed by atoms with Crippen LogP contribution in [0.15, 0.2) is 0 Å². The van der Waals surface area contributed by atoms with Crippen LogP contribution in [0.25, 0.3) is 0 Å². The van der Waals surface area contributed by atoms with Crippen LogP contribution in [-0.2, 0) is 0 Å². The van der Waals surface area contributed by atoms with Gasteiger partial charge in [-0.1, -0.05) is 13.8 Å². The molecule has 0 aliphatic heterocycles. The molecule has 2 rings (SSSR count). The molecule has 0 aromatic heterocycles. The van der Waals surface area contributed by atoms with Crippen LogP contribution in [0.4, 0.5) is 0 Å². The second kappa shape index (κ2) is 2.05. The van der Waals surface area contributed by atoms with Crippen molar-refractivity contribution in [1.29, 1.82) is 0 Å². The van der Waals surface area contributed by atoms with Crippen LogP contribution in [-0.4, -0.2) is 21.9 Å². The summed E-state index contributed by atoms with van der Waals surface area (Å²) in [7, 11) is 0. The first-order valence-corrected chi connectivity index (χ1v) is 4.76. The largest absolute Gasteiger partial charge is 0.390 e. The monoisotopic (exact) mass is 170 g/mol. The maximum absolute atomic E-state index is 9.82. The van der Waals surface area contributed by atoms with E-state index in [4.69, 9.17) is 0 Å². The molecule has 2 aliphatic carbocycles. The molecule has 0 spiro atoms. The Morgan fingerprint density at radius 1 is 1.17 bits per heavy atom. The van der Waals surface area contributed by atoms with Crippen LogP contribution in [0.1, 0.15) is 33.6 Å². The Morgan fingerprint density at radius 2 is 1.75 bits per heavy atom. The Balaban J connectivity index is 2.14. The van der Waals surface area contributed by atoms with Gasteiger partial charge >= 0.3 is 0 Å². The molecule has 0 amide bonds. The third-order valence-corrected chi connectivity index (χ3v) is 4.12. The molecule has 12 heavy (non-hydrogen) atoms. The van der Waals surface area contributed by atoms with Crippen molar-refractivity contribution < 1.29 is 10.2 Å². The van der Waals surface area contributed by atoms with Gasteiger partial charge in [0.15, 0.2) is 0 Å². The topological polar surface area (TPSA) is 40.5 Å². The summed E-state index contributed by atoms with van der Waals surface area (Å²) in [4.78, 5) is 0. The van der Waals surface area contributed by atoms with Crippen molar-refractivity contribution >= 4 is 0 Å². The molecular formula is C10H18O2. The SMILES string of the molecule is CC1(C)C2C[C@@](C)(O)[C@H](O)C[C@H]21. The van der Waals surface area contributed by atoms with E-state index in [0.29, 0.717) is 17.3 Å². The molecule has 2 nitrogen and oxygen atoms in total. The summed E-state index contributed by atoms with van der Waals surface area (Å²) in [5.74, 6) is 1.28. The number of rotatable bonds is 0. The summed E-state index contributed by atoms with van der Waals surface area (Å²) in [6, 6.07) is 0. The van der Waals surface area contributed by atoms with E-state index >= 15 is 0 Å². The highest BCUT2D eigenvalue weighted by atomic mass is 16.3. The van der Waals surface area contributed by atoms with Crippen LogP contribution < -0.4 is 0 Å². The molecular weight excluding hydrogens is 152 g/mol. The Bertz CT molecular complexity index is 208. The van der Waals surface area contributed by atoms with Crippen molar-refractivity contribution in [2.24, 2.45) is 17.3 Å². The molecule has 0 heterocycles. The number of aliphatic hydroxyl groups is 2. The summed E-state index contributed by atoms with van der Waals surface area (Å²) in [5, 5.41) is 19.4. The normalized spacial score (nSPS) is 56.2. The van der Waals surface area contributed by atoms with Gasteiger partial charge in [0.25, 0.3) is 0 Å². The van der Waals surface area contributed by atoms with Gasteiger partial charge in [-0.05, 0) is 37.0 Å². The maximum atomic E-state index is 9.82. The average molecular weight is 170 g/mol. The highest BCUT2D eigenvalue weighted by molar-refractivity contribution is 5.12. The molecule has 70 valence electrons. The Morgan fingerprint density at radius 3 is 2.25 bits per heavy atom. The minimum absolute atomic E-state index is 0.363. The fourth-order valence-electron chi connectivity index (χ4n) is 2.81. The van der Waals surface area contributed by atoms with Gasteiger partial charge in [-0.15, -0.1) is 0 Å². The minimum atomic E-state index is -0.838. The molecule has 0 aromatic rings. The lowest BCUT2D eigenvalue weighted by atomic mass is 9.84. The zero-order valence-electron chi connectivity index (χ0n) is 8.04. The van der Waals surface area contributed by atoms with Crippen molar-refractivity contribution in [3.8, 4) is 0 Å². The van der Waals surface area contributed by atoms with E-state index < -0.39 is 11.7 Å². The van der Waals surface area contributed by atoms with E-state index in [9.17, 15) is 10.2 Å². The zero-order valence-corrected chi connectivity index (χ0v) is 8.04. The first-order valence-electron chi connectivity index (χ1n) is 4.76. The smallest absolute Gasteiger partial charge is 0.0880 e. The third kappa shape index (κ3) is 0.944. The van der Waals surface area contributed by atoms with Gasteiger partial charge in [0.2, 0.25) is 0 Å². The van der Waals surface area contributed by atoms with Crippen molar-refractivity contribution in [1.82, 2.24) is 0 Å². The fraction of sp³-hybridized carbons (Fsp3) is 1.00. The van der Waals surface area contributed by atoms with E-state index in [-0.39, 0.29) is 0 Å². The predicted molar refractivity (Wildman–Crippen MR) is 46.6 cm³/mol. The van der Waals surface area contributed by atoms with Gasteiger partial charge in [0.05, 0.1) is 11.7 Å². The maximum Gasteiger partial charge on any atom is 0.0880 e. The number of fused-ring (bicyclic) bond motifs is 1. The molecule has 2 aliphatic rings. The first-order chi connectivity index (χ1) is 5.36. The van der Waals surface area contributed by atoms with E-state index in [1.54, 1.807) is 6.92 Å². The van der Waals surface area contributed by atoms with Crippen LogP contribution >= 0.6 is 0 Å². The Labute approximate surface area is 73.6 Å². The first kappa shape index (κ1) is 8.52. The Kier molecular flexibility index (Phi) is 1.45. The summed E-state index contributed by atoms with van der Waals surface area (Å²) >= 11 is 0. The summed E-state index contributed by atoms with van der Waals surface area (Å²) in [6.07, 6.45) is 1.04. The average Bonchev–Trinajstić information content (AvgIpc) is 2.37. The van der Waals surface area contributed by atoms with Gasteiger partial charge in [-0.25, -0.2) is 0 Å². The van der Waals surface area contributed by atoms with Crippen LogP contribution in [0.2, 0.25) is 0 Å². The quantitative estimate of drug-likeness (QED) is 0.573. The van der Waals surface area contributed by atoms with Crippen LogP contribution in [0.3, 0.4) is 0 Å². The van der Waals surface area contributed by atoms with Gasteiger partial charge in [0, 0.05) is 0 Å². The second-order valence-electron chi connectivity index (χ2n) is 5.35. The van der Waals surface area contributed by atoms with Crippen LogP contribution in [0, 0.1) is 17.3 Å². The summed E-state index contributed by atoms with van der Waals surface area (Å²) in [6.45, 7) is 6.22. The lowest BCUT2D eigenvalue weighted by Gasteiger charge is -2.32. The molecule has 0 bridgehead atoms. The lowest BCUT2D eigenvalue weighted by molar-refractivity contribution is -0.0892. The van der Waals surface area contributed by atoms with E-state index in [2.05, 4.69) is 13.8 Å². The summed E-state index contributed by atoms with van der Waals surface area (Å²) in [5.41, 5.74) is -0.476. The Hall–Kier alpha value is -0.0800. The highest BCUT2D eigenvalue weighted by Crippen LogP contribution is 2.66. The molecule has 4 atom stereocenters. The van der Waals surface area contributed by atoms with E-state index in [0.717, 1.165) is 12.8 Å². The van der Waals surface area contributed by atoms with Gasteiger partial charge < -0.3 is 10.2 Å². The number of aliphatic hydroxyl groups excluding tert-OH is 1. The third-order valence-electron chi connectivity index (χ3n) is 4.12. The number of hydrogen-bond donors (Lipinski definition) is 2. The summed E-state index contributed by atoms with van der Waals surface area (Å²) < 4.78 is 0. The van der Waals surface area contributed by atoms with Crippen molar-refractivity contribution in [2.45, 2.75) is 45.3 Å². The molecule has 0 radical (unpaired) electrons. The van der Waals surface area contributed by atoms with E-state index in [1.165, 1.54) is 0 Å². The van der Waals surface area contributed by atoms with E-state index in [1.807, 2.05) is 0 Å². The van der Waals surface area contributed by atoms with Crippen LogP contribution in [0.5, 0.6) is 0 Å². The van der Waals surface area contributed by atoms with Crippen molar-refractivity contribution in [3.05, 3.63) is 0 Å². The fourth-order valence-corrected chi connectivity index (χ4v) is 2.81. The van der Waals surface area contributed by atoms with Crippen molar-refractivity contribution in [2.75, 3.05) is 0 Å². The molecule has 2 saturated carbocycles. The molecule has 2 N–H and O–H groups in total. The zero-order chi connectivity index (χ0) is 9.15. The molecule has 1 unspecified atom stereocenters. The standard InChI is InChI=1S/C10H18O2/c1-9(2)6-4-8(11)10(3,12)5-7(6)9/h6-8,11-12H,4-5H2,1-3H3/t6-,7?,8-,10-/m1/s1. The predicted octanol–water partition coefficient (Wildman–Crippen LogP) is 1.16. The van der Waals surface area contributed by atoms with Gasteiger partial charge in [-0.3, -0.25) is 0 Å². The molecule has 0 aromatic carbocycles. The van der Waals surface area contributed by atoms with Gasteiger partial charge in [-0.2, -0.15) is 0 Å². The lowest BCUT2D eigenvalue weighted by Crippen LogP contribution is -2.42. The molecule has 2 fully saturated rings. The molecule has 0 saturated heterocycles. The second-order valence-corrected chi connectivity index (χ2v) is 5.35. The minimum Gasteiger partial charge on any atom is -0.390 e. The highest BCUT2D eigenvalue weighted by Gasteiger charge is 2.63. The molecule has 2 heteroatoms. The number of hydrogen-bond acceptors (Lipinski definition) is 2. The van der Waals surface area contributed by atoms with Crippen molar-refractivity contribution in [3.63, 3.8) is 0 Å². The van der Waals surface area contributed by atoms with Gasteiger partial charge in [0.1, 0.15) is 0 Å².